The summed E-state index contributed by atoms with van der Waals surface area (Å²) in [6.07, 6.45) is 3.09. The van der Waals surface area contributed by atoms with E-state index in [1.807, 2.05) is 30.3 Å². The molecule has 0 saturated heterocycles. The van der Waals surface area contributed by atoms with Gasteiger partial charge in [-0.3, -0.25) is 4.79 Å². The second-order valence-corrected chi connectivity index (χ2v) is 7.21. The first-order chi connectivity index (χ1) is 13.5. The van der Waals surface area contributed by atoms with E-state index in [0.29, 0.717) is 24.3 Å². The highest BCUT2D eigenvalue weighted by atomic mass is 32.1. The summed E-state index contributed by atoms with van der Waals surface area (Å²) in [7, 11) is 2.95. The van der Waals surface area contributed by atoms with E-state index in [4.69, 9.17) is 19.6 Å². The summed E-state index contributed by atoms with van der Waals surface area (Å²) in [5, 5.41) is 19.9. The van der Waals surface area contributed by atoms with Gasteiger partial charge in [-0.15, -0.1) is 11.3 Å². The molecule has 7 heteroatoms. The van der Waals surface area contributed by atoms with Gasteiger partial charge in [0.25, 0.3) is 0 Å². The van der Waals surface area contributed by atoms with Gasteiger partial charge in [-0.2, -0.15) is 0 Å². The Kier molecular flexibility index (Phi) is 6.16. The molecule has 2 aromatic carbocycles. The van der Waals surface area contributed by atoms with Crippen molar-refractivity contribution in [2.24, 2.45) is 0 Å². The van der Waals surface area contributed by atoms with E-state index in [9.17, 15) is 9.90 Å². The van der Waals surface area contributed by atoms with Gasteiger partial charge >= 0.3 is 5.97 Å². The number of hydrogen-bond donors (Lipinski definition) is 2. The van der Waals surface area contributed by atoms with Crippen LogP contribution in [0.1, 0.15) is 29.8 Å². The lowest BCUT2D eigenvalue weighted by atomic mass is 10.0. The zero-order valence-corrected chi connectivity index (χ0v) is 16.5. The smallest absolute Gasteiger partial charge is 0.303 e. The molecule has 0 radical (unpaired) electrons. The molecule has 2 N–H and O–H groups in total. The number of aromatic hydroxyl groups is 1. The Hall–Kier alpha value is -3.06. The summed E-state index contributed by atoms with van der Waals surface area (Å²) in [4.78, 5) is 15.6. The number of carboxylic acids is 1. The minimum Gasteiger partial charge on any atom is -0.502 e. The van der Waals surface area contributed by atoms with Crippen LogP contribution in [-0.4, -0.2) is 35.4 Å². The average Bonchev–Trinajstić information content (AvgIpc) is 3.12. The zero-order valence-electron chi connectivity index (χ0n) is 15.6. The molecule has 0 aliphatic carbocycles. The Morgan fingerprint density at radius 2 is 1.82 bits per heavy atom. The van der Waals surface area contributed by atoms with Crippen molar-refractivity contribution in [2.75, 3.05) is 14.2 Å². The van der Waals surface area contributed by atoms with Gasteiger partial charge in [0, 0.05) is 6.42 Å². The molecular formula is C21H21NO5S. The third-order valence-corrected chi connectivity index (χ3v) is 5.36. The van der Waals surface area contributed by atoms with Crippen LogP contribution in [0.5, 0.6) is 17.2 Å². The quantitative estimate of drug-likeness (QED) is 0.565. The molecule has 146 valence electrons. The highest BCUT2D eigenvalue weighted by molar-refractivity contribution is 7.19. The maximum atomic E-state index is 10.9. The number of hydrogen-bond acceptors (Lipinski definition) is 6. The predicted molar refractivity (Wildman–Crippen MR) is 110 cm³/mol. The van der Waals surface area contributed by atoms with E-state index in [-0.39, 0.29) is 12.2 Å². The monoisotopic (exact) mass is 399 g/mol. The van der Waals surface area contributed by atoms with E-state index >= 15 is 0 Å². The molecule has 0 amide bonds. The maximum Gasteiger partial charge on any atom is 0.303 e. The minimum atomic E-state index is -0.823. The molecule has 3 rings (SSSR count). The molecule has 0 saturated carbocycles. The predicted octanol–water partition coefficient (Wildman–Crippen LogP) is 4.81. The van der Waals surface area contributed by atoms with E-state index in [1.165, 1.54) is 14.2 Å². The molecule has 0 bridgehead atoms. The van der Waals surface area contributed by atoms with Crippen LogP contribution in [0.4, 0.5) is 0 Å². The van der Waals surface area contributed by atoms with Gasteiger partial charge in [0.15, 0.2) is 11.5 Å². The van der Waals surface area contributed by atoms with Gasteiger partial charge in [-0.25, -0.2) is 4.98 Å². The Morgan fingerprint density at radius 1 is 1.14 bits per heavy atom. The number of benzene rings is 2. The van der Waals surface area contributed by atoms with Crippen LogP contribution in [0, 0.1) is 0 Å². The van der Waals surface area contributed by atoms with E-state index in [2.05, 4.69) is 0 Å². The van der Waals surface area contributed by atoms with Crippen molar-refractivity contribution >= 4 is 39.2 Å². The molecule has 1 heterocycles. The molecule has 28 heavy (non-hydrogen) atoms. The van der Waals surface area contributed by atoms with Crippen molar-refractivity contribution in [3.8, 4) is 17.2 Å². The molecule has 6 nitrogen and oxygen atoms in total. The van der Waals surface area contributed by atoms with E-state index in [1.54, 1.807) is 23.5 Å². The number of ether oxygens (including phenoxy) is 2. The fourth-order valence-electron chi connectivity index (χ4n) is 2.88. The van der Waals surface area contributed by atoms with Gasteiger partial charge < -0.3 is 19.7 Å². The summed E-state index contributed by atoms with van der Waals surface area (Å²) >= 11 is 1.57. The largest absolute Gasteiger partial charge is 0.502 e. The number of allylic oxidation sites excluding steroid dienone is 1. The van der Waals surface area contributed by atoms with E-state index < -0.39 is 5.97 Å². The average molecular weight is 399 g/mol. The number of phenolic OH excluding ortho intramolecular Hbond substituents is 1. The molecular weight excluding hydrogens is 378 g/mol. The molecule has 1 aromatic heterocycles. The minimum absolute atomic E-state index is 0.0606. The highest BCUT2D eigenvalue weighted by Gasteiger charge is 2.14. The first-order valence-corrected chi connectivity index (χ1v) is 9.56. The third-order valence-electron chi connectivity index (χ3n) is 4.25. The molecule has 0 aliphatic heterocycles. The number of aliphatic carboxylic acids is 1. The lowest BCUT2D eigenvalue weighted by molar-refractivity contribution is -0.137. The van der Waals surface area contributed by atoms with Crippen LogP contribution < -0.4 is 9.47 Å². The second-order valence-electron chi connectivity index (χ2n) is 6.18. The normalized spacial score (nSPS) is 11.6. The van der Waals surface area contributed by atoms with Crippen LogP contribution in [0.25, 0.3) is 21.9 Å². The molecule has 0 fully saturated rings. The Labute approximate surface area is 166 Å². The number of fused-ring (bicyclic) bond motifs is 1. The lowest BCUT2D eigenvalue weighted by Gasteiger charge is -2.10. The summed E-state index contributed by atoms with van der Waals surface area (Å²) in [5.41, 5.74) is 2.61. The number of carboxylic acid groups (broad SMARTS) is 1. The topological polar surface area (TPSA) is 88.9 Å². The standard InChI is InChI=1S/C21H21NO5S/c1-26-16-11-13(12-17(27-2)20(16)25)10-14(6-5-9-19(23)24)21-22-15-7-3-4-8-18(15)28-21/h3-4,7-8,10-12,25H,5-6,9H2,1-2H3,(H,23,24)/b14-10+. The van der Waals surface area contributed by atoms with Crippen molar-refractivity contribution in [2.45, 2.75) is 19.3 Å². The number of para-hydroxylation sites is 1. The summed E-state index contributed by atoms with van der Waals surface area (Å²) < 4.78 is 11.5. The van der Waals surface area contributed by atoms with Crippen LogP contribution in [0.15, 0.2) is 36.4 Å². The van der Waals surface area contributed by atoms with Gasteiger partial charge in [0.05, 0.1) is 24.4 Å². The van der Waals surface area contributed by atoms with Crippen LogP contribution in [0.2, 0.25) is 0 Å². The number of aromatic nitrogens is 1. The van der Waals surface area contributed by atoms with Crippen molar-refractivity contribution < 1.29 is 24.5 Å². The van der Waals surface area contributed by atoms with Crippen molar-refractivity contribution in [1.82, 2.24) is 4.98 Å². The number of carbonyl (C=O) groups is 1. The Morgan fingerprint density at radius 3 is 2.43 bits per heavy atom. The molecule has 0 atom stereocenters. The number of methoxy groups -OCH3 is 2. The third kappa shape index (κ3) is 4.43. The van der Waals surface area contributed by atoms with Gasteiger partial charge in [-0.1, -0.05) is 12.1 Å². The molecule has 0 unspecified atom stereocenters. The van der Waals surface area contributed by atoms with E-state index in [0.717, 1.165) is 26.4 Å². The summed E-state index contributed by atoms with van der Waals surface area (Å²) in [5.74, 6) is -0.272. The van der Waals surface area contributed by atoms with Gasteiger partial charge in [0.2, 0.25) is 5.75 Å². The summed E-state index contributed by atoms with van der Waals surface area (Å²) in [6.45, 7) is 0. The maximum absolute atomic E-state index is 10.9. The molecule has 3 aromatic rings. The molecule has 0 spiro atoms. The highest BCUT2D eigenvalue weighted by Crippen LogP contribution is 2.39. The van der Waals surface area contributed by atoms with Crippen molar-refractivity contribution in [1.29, 1.82) is 0 Å². The van der Waals surface area contributed by atoms with Crippen LogP contribution >= 0.6 is 11.3 Å². The fourth-order valence-corrected chi connectivity index (χ4v) is 3.89. The first kappa shape index (κ1) is 19.7. The lowest BCUT2D eigenvalue weighted by Crippen LogP contribution is -1.95. The first-order valence-electron chi connectivity index (χ1n) is 8.75. The zero-order chi connectivity index (χ0) is 20.1. The Balaban J connectivity index is 2.03. The number of thiazole rings is 1. The van der Waals surface area contributed by atoms with Crippen molar-refractivity contribution in [3.05, 3.63) is 47.0 Å². The van der Waals surface area contributed by atoms with Crippen LogP contribution in [-0.2, 0) is 4.79 Å². The Bertz CT molecular complexity index is 967. The summed E-state index contributed by atoms with van der Waals surface area (Å²) in [6, 6.07) is 11.3. The number of nitrogens with zero attached hydrogens (tertiary/aromatic N) is 1. The number of rotatable bonds is 8. The SMILES string of the molecule is COc1cc(/C=C(\CCCC(=O)O)c2nc3ccccc3s2)cc(OC)c1O. The van der Waals surface area contributed by atoms with Gasteiger partial charge in [-0.05, 0) is 54.3 Å². The van der Waals surface area contributed by atoms with Crippen LogP contribution in [0.3, 0.4) is 0 Å². The molecule has 0 aliphatic rings. The second kappa shape index (κ2) is 8.75. The van der Waals surface area contributed by atoms with Gasteiger partial charge in [0.1, 0.15) is 5.01 Å². The number of phenols is 1. The fraction of sp³-hybridized carbons (Fsp3) is 0.238. The van der Waals surface area contributed by atoms with Crippen molar-refractivity contribution in [3.63, 3.8) is 0 Å².